The fourth-order valence-electron chi connectivity index (χ4n) is 2.72. The second-order valence-corrected chi connectivity index (χ2v) is 6.60. The minimum absolute atomic E-state index is 0.106. The van der Waals surface area contributed by atoms with Crippen LogP contribution in [0.25, 0.3) is 10.8 Å². The lowest BCUT2D eigenvalue weighted by Crippen LogP contribution is -2.33. The number of rotatable bonds is 7. The van der Waals surface area contributed by atoms with Gasteiger partial charge in [0.15, 0.2) is 0 Å². The number of fused-ring (bicyclic) bond motifs is 1. The third-order valence-corrected chi connectivity index (χ3v) is 4.41. The molecular weight excluding hydrogens is 334 g/mol. The van der Waals surface area contributed by atoms with Crippen LogP contribution in [0.5, 0.6) is 5.75 Å². The Morgan fingerprint density at radius 1 is 1.00 bits per heavy atom. The highest BCUT2D eigenvalue weighted by Crippen LogP contribution is 2.21. The van der Waals surface area contributed by atoms with Crippen molar-refractivity contribution >= 4 is 22.4 Å². The summed E-state index contributed by atoms with van der Waals surface area (Å²) in [6.07, 6.45) is -0.590. The summed E-state index contributed by atoms with van der Waals surface area (Å²) in [6.45, 7) is 2.73. The van der Waals surface area contributed by atoms with Gasteiger partial charge in [0.05, 0.1) is 0 Å². The first-order chi connectivity index (χ1) is 12.1. The van der Waals surface area contributed by atoms with Gasteiger partial charge in [0.2, 0.25) is 0 Å². The molecular formula is C21H22ClNO2. The van der Waals surface area contributed by atoms with E-state index in [1.54, 1.807) is 0 Å². The quantitative estimate of drug-likeness (QED) is 0.651. The predicted octanol–water partition coefficient (Wildman–Crippen LogP) is 4.58. The molecule has 0 heterocycles. The molecule has 0 aromatic heterocycles. The molecule has 0 bridgehead atoms. The Labute approximate surface area is 153 Å². The average molecular weight is 356 g/mol. The molecule has 2 N–H and O–H groups in total. The van der Waals surface area contributed by atoms with Gasteiger partial charge in [0.25, 0.3) is 0 Å². The topological polar surface area (TPSA) is 41.5 Å². The smallest absolute Gasteiger partial charge is 0.120 e. The number of nitrogens with one attached hydrogen (secondary N) is 1. The third kappa shape index (κ3) is 4.95. The van der Waals surface area contributed by atoms with Crippen LogP contribution in [0.4, 0.5) is 0 Å². The van der Waals surface area contributed by atoms with Gasteiger partial charge in [-0.05, 0) is 47.5 Å². The van der Waals surface area contributed by atoms with Crippen molar-refractivity contribution in [1.82, 2.24) is 5.32 Å². The normalized spacial score (nSPS) is 13.6. The van der Waals surface area contributed by atoms with Crippen LogP contribution in [0.3, 0.4) is 0 Å². The number of ether oxygens (including phenoxy) is 1. The standard InChI is InChI=1S/C21H22ClNO2/c1-15(17-7-4-8-19(22)11-17)23-13-20(24)14-25-21-10-9-16-5-2-3-6-18(16)12-21/h2-12,15,20,23-24H,13-14H2,1H3. The maximum Gasteiger partial charge on any atom is 0.120 e. The van der Waals surface area contributed by atoms with E-state index in [0.717, 1.165) is 16.7 Å². The molecule has 25 heavy (non-hydrogen) atoms. The summed E-state index contributed by atoms with van der Waals surface area (Å²) in [5, 5.41) is 16.5. The number of aliphatic hydroxyl groups is 1. The lowest BCUT2D eigenvalue weighted by atomic mass is 10.1. The van der Waals surface area contributed by atoms with Crippen molar-refractivity contribution in [2.24, 2.45) is 0 Å². The highest BCUT2D eigenvalue weighted by atomic mass is 35.5. The van der Waals surface area contributed by atoms with Crippen molar-refractivity contribution in [1.29, 1.82) is 0 Å². The van der Waals surface area contributed by atoms with Gasteiger partial charge in [0.1, 0.15) is 18.5 Å². The Bertz CT molecular complexity index is 837. The van der Waals surface area contributed by atoms with E-state index in [-0.39, 0.29) is 12.6 Å². The van der Waals surface area contributed by atoms with E-state index in [2.05, 4.69) is 11.4 Å². The lowest BCUT2D eigenvalue weighted by Gasteiger charge is -2.18. The Morgan fingerprint density at radius 3 is 2.60 bits per heavy atom. The summed E-state index contributed by atoms with van der Waals surface area (Å²) in [4.78, 5) is 0. The minimum atomic E-state index is -0.590. The van der Waals surface area contributed by atoms with Crippen molar-refractivity contribution in [2.45, 2.75) is 19.1 Å². The van der Waals surface area contributed by atoms with Crippen molar-refractivity contribution in [3.05, 3.63) is 77.3 Å². The highest BCUT2D eigenvalue weighted by Gasteiger charge is 2.10. The van der Waals surface area contributed by atoms with E-state index in [4.69, 9.17) is 16.3 Å². The summed E-state index contributed by atoms with van der Waals surface area (Å²) < 4.78 is 5.72. The van der Waals surface area contributed by atoms with E-state index >= 15 is 0 Å². The van der Waals surface area contributed by atoms with E-state index in [1.165, 1.54) is 5.39 Å². The fourth-order valence-corrected chi connectivity index (χ4v) is 2.91. The molecule has 130 valence electrons. The van der Waals surface area contributed by atoms with Gasteiger partial charge in [-0.1, -0.05) is 54.1 Å². The molecule has 3 aromatic rings. The summed E-state index contributed by atoms with van der Waals surface area (Å²) in [7, 11) is 0. The Kier molecular flexibility index (Phi) is 5.92. The number of benzene rings is 3. The highest BCUT2D eigenvalue weighted by molar-refractivity contribution is 6.30. The van der Waals surface area contributed by atoms with Crippen LogP contribution in [0.2, 0.25) is 5.02 Å². The molecule has 0 amide bonds. The minimum Gasteiger partial charge on any atom is -0.491 e. The van der Waals surface area contributed by atoms with Crippen LogP contribution in [0.1, 0.15) is 18.5 Å². The molecule has 2 atom stereocenters. The molecule has 0 fully saturated rings. The zero-order valence-electron chi connectivity index (χ0n) is 14.2. The molecule has 0 radical (unpaired) electrons. The monoisotopic (exact) mass is 355 g/mol. The zero-order valence-corrected chi connectivity index (χ0v) is 14.9. The van der Waals surface area contributed by atoms with Gasteiger partial charge in [-0.25, -0.2) is 0 Å². The Hall–Kier alpha value is -2.07. The second kappa shape index (κ2) is 8.34. The van der Waals surface area contributed by atoms with Crippen LogP contribution in [0, 0.1) is 0 Å². The van der Waals surface area contributed by atoms with Crippen molar-refractivity contribution in [2.75, 3.05) is 13.2 Å². The lowest BCUT2D eigenvalue weighted by molar-refractivity contribution is 0.104. The molecule has 0 saturated heterocycles. The molecule has 0 aliphatic carbocycles. The van der Waals surface area contributed by atoms with Gasteiger partial charge in [0, 0.05) is 17.6 Å². The van der Waals surface area contributed by atoms with Gasteiger partial charge in [-0.15, -0.1) is 0 Å². The number of hydrogen-bond acceptors (Lipinski definition) is 3. The first kappa shape index (κ1) is 17.7. The molecule has 0 spiro atoms. The summed E-state index contributed by atoms with van der Waals surface area (Å²) in [5.41, 5.74) is 1.09. The number of hydrogen-bond donors (Lipinski definition) is 2. The molecule has 0 saturated carbocycles. The molecule has 0 aliphatic heterocycles. The molecule has 4 heteroatoms. The van der Waals surface area contributed by atoms with E-state index in [0.29, 0.717) is 11.6 Å². The zero-order chi connectivity index (χ0) is 17.6. The second-order valence-electron chi connectivity index (χ2n) is 6.16. The fraction of sp³-hybridized carbons (Fsp3) is 0.238. The van der Waals surface area contributed by atoms with Crippen LogP contribution < -0.4 is 10.1 Å². The van der Waals surface area contributed by atoms with Gasteiger partial charge < -0.3 is 15.2 Å². The first-order valence-electron chi connectivity index (χ1n) is 8.40. The molecule has 3 nitrogen and oxygen atoms in total. The summed E-state index contributed by atoms with van der Waals surface area (Å²) in [6, 6.07) is 21.9. The summed E-state index contributed by atoms with van der Waals surface area (Å²) >= 11 is 6.01. The molecule has 3 rings (SSSR count). The van der Waals surface area contributed by atoms with Gasteiger partial charge in [-0.3, -0.25) is 0 Å². The van der Waals surface area contributed by atoms with E-state index in [1.807, 2.05) is 67.6 Å². The molecule has 3 aromatic carbocycles. The predicted molar refractivity (Wildman–Crippen MR) is 103 cm³/mol. The molecule has 2 unspecified atom stereocenters. The van der Waals surface area contributed by atoms with Crippen LogP contribution in [-0.4, -0.2) is 24.4 Å². The maximum atomic E-state index is 10.2. The van der Waals surface area contributed by atoms with Crippen LogP contribution in [-0.2, 0) is 0 Å². The van der Waals surface area contributed by atoms with Gasteiger partial charge >= 0.3 is 0 Å². The number of aliphatic hydroxyl groups excluding tert-OH is 1. The summed E-state index contributed by atoms with van der Waals surface area (Å²) in [5.74, 6) is 0.764. The van der Waals surface area contributed by atoms with Crippen LogP contribution >= 0.6 is 11.6 Å². The van der Waals surface area contributed by atoms with Crippen molar-refractivity contribution in [3.8, 4) is 5.75 Å². The van der Waals surface area contributed by atoms with Crippen molar-refractivity contribution < 1.29 is 9.84 Å². The third-order valence-electron chi connectivity index (χ3n) is 4.17. The van der Waals surface area contributed by atoms with Gasteiger partial charge in [-0.2, -0.15) is 0 Å². The maximum absolute atomic E-state index is 10.2. The van der Waals surface area contributed by atoms with E-state index in [9.17, 15) is 5.11 Å². The van der Waals surface area contributed by atoms with Crippen molar-refractivity contribution in [3.63, 3.8) is 0 Å². The largest absolute Gasteiger partial charge is 0.491 e. The van der Waals surface area contributed by atoms with E-state index < -0.39 is 6.10 Å². The molecule has 0 aliphatic rings. The number of halogens is 1. The Morgan fingerprint density at radius 2 is 1.80 bits per heavy atom. The average Bonchev–Trinajstić information content (AvgIpc) is 2.64. The Balaban J connectivity index is 1.49. The SMILES string of the molecule is CC(NCC(O)COc1ccc2ccccc2c1)c1cccc(Cl)c1. The van der Waals surface area contributed by atoms with Crippen LogP contribution in [0.15, 0.2) is 66.7 Å². The first-order valence-corrected chi connectivity index (χ1v) is 8.78.